The Kier molecular flexibility index (Phi) is 10.2. The van der Waals surface area contributed by atoms with Gasteiger partial charge in [-0.2, -0.15) is 0 Å². The number of carboxylic acids is 1. The number of hydrogen-bond donors (Lipinski definition) is 5. The summed E-state index contributed by atoms with van der Waals surface area (Å²) in [6.07, 6.45) is 2.32. The predicted molar refractivity (Wildman–Crippen MR) is 98.6 cm³/mol. The molecule has 6 N–H and O–H groups in total. The van der Waals surface area contributed by atoms with Gasteiger partial charge in [-0.25, -0.2) is 4.79 Å². The van der Waals surface area contributed by atoms with Gasteiger partial charge in [0.05, 0.1) is 6.54 Å². The van der Waals surface area contributed by atoms with Crippen LogP contribution in [0.2, 0.25) is 0 Å². The van der Waals surface area contributed by atoms with Crippen molar-refractivity contribution in [2.24, 2.45) is 5.73 Å². The molecule has 0 bridgehead atoms. The Morgan fingerprint density at radius 1 is 1.11 bits per heavy atom. The first-order valence-corrected chi connectivity index (χ1v) is 8.71. The second-order valence-corrected chi connectivity index (χ2v) is 5.99. The molecule has 0 radical (unpaired) electrons. The van der Waals surface area contributed by atoms with Gasteiger partial charge in [0.1, 0.15) is 12.1 Å². The Hall–Kier alpha value is -2.94. The van der Waals surface area contributed by atoms with Gasteiger partial charge in [0.25, 0.3) is 0 Å². The minimum Gasteiger partial charge on any atom is -0.480 e. The number of nitrogens with one attached hydrogen (secondary N) is 3. The van der Waals surface area contributed by atoms with Gasteiger partial charge in [-0.3, -0.25) is 14.4 Å². The number of benzene rings is 1. The molecule has 1 aromatic carbocycles. The minimum atomic E-state index is -1.17. The first-order valence-electron chi connectivity index (χ1n) is 8.71. The number of carbonyl (C=O) groups is 4. The summed E-state index contributed by atoms with van der Waals surface area (Å²) < 4.78 is 0. The molecule has 0 heterocycles. The van der Waals surface area contributed by atoms with Crippen molar-refractivity contribution in [2.75, 3.05) is 13.1 Å². The van der Waals surface area contributed by atoms with E-state index in [1.54, 1.807) is 24.3 Å². The summed E-state index contributed by atoms with van der Waals surface area (Å²) in [5, 5.41) is 16.5. The molecule has 0 saturated carbocycles. The van der Waals surface area contributed by atoms with Crippen LogP contribution in [0.1, 0.15) is 24.8 Å². The van der Waals surface area contributed by atoms with Crippen LogP contribution in [-0.2, 0) is 25.6 Å². The molecule has 27 heavy (non-hydrogen) atoms. The number of carboxylic acid groups (broad SMARTS) is 1. The topological polar surface area (TPSA) is 151 Å². The lowest BCUT2D eigenvalue weighted by atomic mass is 10.1. The molecule has 2 unspecified atom stereocenters. The van der Waals surface area contributed by atoms with Gasteiger partial charge in [0, 0.05) is 6.42 Å². The number of rotatable bonds is 13. The van der Waals surface area contributed by atoms with Crippen LogP contribution in [-0.4, -0.2) is 54.5 Å². The van der Waals surface area contributed by atoms with Crippen LogP contribution >= 0.6 is 0 Å². The number of nitrogens with two attached hydrogens (primary N) is 1. The van der Waals surface area contributed by atoms with Crippen molar-refractivity contribution in [1.29, 1.82) is 0 Å². The summed E-state index contributed by atoms with van der Waals surface area (Å²) in [4.78, 5) is 46.1. The second kappa shape index (κ2) is 12.4. The zero-order chi connectivity index (χ0) is 20.1. The number of unbranched alkanes of at least 4 members (excludes halogenated alkanes) is 1. The summed E-state index contributed by atoms with van der Waals surface area (Å²) in [7, 11) is 0. The highest BCUT2D eigenvalue weighted by Gasteiger charge is 2.22. The van der Waals surface area contributed by atoms with E-state index in [1.807, 2.05) is 6.07 Å². The van der Waals surface area contributed by atoms with Crippen LogP contribution in [0, 0.1) is 0 Å². The van der Waals surface area contributed by atoms with E-state index in [0.717, 1.165) is 5.56 Å². The molecular weight excluding hydrogens is 352 g/mol. The third kappa shape index (κ3) is 8.82. The maximum Gasteiger partial charge on any atom is 0.326 e. The van der Waals surface area contributed by atoms with Crippen molar-refractivity contribution in [3.8, 4) is 0 Å². The normalized spacial score (nSPS) is 12.5. The fraction of sp³-hybridized carbons (Fsp3) is 0.444. The summed E-state index contributed by atoms with van der Waals surface area (Å²) in [5.41, 5.74) is 6.17. The number of amides is 3. The van der Waals surface area contributed by atoms with Crippen LogP contribution in [0.15, 0.2) is 30.3 Å². The van der Waals surface area contributed by atoms with Crippen molar-refractivity contribution in [3.63, 3.8) is 0 Å². The maximum atomic E-state index is 12.1. The molecule has 0 saturated heterocycles. The number of carbonyl (C=O) groups excluding carboxylic acids is 3. The zero-order valence-electron chi connectivity index (χ0n) is 15.0. The highest BCUT2D eigenvalue weighted by molar-refractivity contribution is 5.90. The molecule has 3 amide bonds. The SMILES string of the molecule is NCCCCC(NC=O)C(=O)NCC(=O)NC(Cc1ccccc1)C(=O)O. The Morgan fingerprint density at radius 3 is 2.41 bits per heavy atom. The Labute approximate surface area is 157 Å². The van der Waals surface area contributed by atoms with E-state index in [-0.39, 0.29) is 13.0 Å². The van der Waals surface area contributed by atoms with Gasteiger partial charge in [0.2, 0.25) is 18.2 Å². The Bertz CT molecular complexity index is 623. The number of aliphatic carboxylic acids is 1. The van der Waals surface area contributed by atoms with Crippen LogP contribution in [0.5, 0.6) is 0 Å². The third-order valence-electron chi connectivity index (χ3n) is 3.87. The van der Waals surface area contributed by atoms with Gasteiger partial charge < -0.3 is 26.8 Å². The van der Waals surface area contributed by atoms with E-state index in [4.69, 9.17) is 5.73 Å². The first kappa shape index (κ1) is 22.1. The van der Waals surface area contributed by atoms with Gasteiger partial charge in [0.15, 0.2) is 0 Å². The van der Waals surface area contributed by atoms with E-state index < -0.39 is 29.9 Å². The largest absolute Gasteiger partial charge is 0.480 e. The van der Waals surface area contributed by atoms with Crippen LogP contribution in [0.4, 0.5) is 0 Å². The highest BCUT2D eigenvalue weighted by Crippen LogP contribution is 2.04. The average Bonchev–Trinajstić information content (AvgIpc) is 2.65. The third-order valence-corrected chi connectivity index (χ3v) is 3.87. The molecule has 0 aliphatic carbocycles. The lowest BCUT2D eigenvalue weighted by Gasteiger charge is -2.17. The summed E-state index contributed by atoms with van der Waals surface area (Å²) in [6, 6.07) is 7.03. The molecule has 0 fully saturated rings. The summed E-state index contributed by atoms with van der Waals surface area (Å²) >= 11 is 0. The van der Waals surface area contributed by atoms with Gasteiger partial charge in [-0.05, 0) is 31.4 Å². The van der Waals surface area contributed by atoms with Gasteiger partial charge in [-0.15, -0.1) is 0 Å². The molecule has 1 aromatic rings. The Balaban J connectivity index is 2.51. The molecule has 0 aromatic heterocycles. The average molecular weight is 378 g/mol. The van der Waals surface area contributed by atoms with Crippen molar-refractivity contribution in [2.45, 2.75) is 37.8 Å². The molecular formula is C18H26N4O5. The van der Waals surface area contributed by atoms with Gasteiger partial charge >= 0.3 is 5.97 Å². The number of hydrogen-bond acceptors (Lipinski definition) is 5. The summed E-state index contributed by atoms with van der Waals surface area (Å²) in [6.45, 7) is 0.0984. The smallest absolute Gasteiger partial charge is 0.326 e. The standard InChI is InChI=1S/C18H26N4O5/c19-9-5-4-8-14(21-12-23)17(25)20-11-16(24)22-15(18(26)27)10-13-6-2-1-3-7-13/h1-3,6-7,12,14-15H,4-5,8-11,19H2,(H,20,25)(H,21,23)(H,22,24)(H,26,27). The van der Waals surface area contributed by atoms with Crippen LogP contribution in [0.3, 0.4) is 0 Å². The Morgan fingerprint density at radius 2 is 1.81 bits per heavy atom. The van der Waals surface area contributed by atoms with Crippen LogP contribution < -0.4 is 21.7 Å². The van der Waals surface area contributed by atoms with E-state index >= 15 is 0 Å². The van der Waals surface area contributed by atoms with Crippen molar-refractivity contribution >= 4 is 24.2 Å². The van der Waals surface area contributed by atoms with E-state index in [2.05, 4.69) is 16.0 Å². The molecule has 148 valence electrons. The molecule has 0 spiro atoms. The fourth-order valence-corrected chi connectivity index (χ4v) is 2.45. The lowest BCUT2D eigenvalue weighted by molar-refractivity contribution is -0.141. The van der Waals surface area contributed by atoms with Crippen molar-refractivity contribution < 1.29 is 24.3 Å². The summed E-state index contributed by atoms with van der Waals surface area (Å²) in [5.74, 6) is -2.30. The second-order valence-electron chi connectivity index (χ2n) is 5.99. The molecule has 0 aliphatic rings. The molecule has 9 heteroatoms. The zero-order valence-corrected chi connectivity index (χ0v) is 15.0. The van der Waals surface area contributed by atoms with E-state index in [1.165, 1.54) is 0 Å². The highest BCUT2D eigenvalue weighted by atomic mass is 16.4. The fourth-order valence-electron chi connectivity index (χ4n) is 2.45. The first-order chi connectivity index (χ1) is 13.0. The van der Waals surface area contributed by atoms with Crippen LogP contribution in [0.25, 0.3) is 0 Å². The van der Waals surface area contributed by atoms with Crippen molar-refractivity contribution in [3.05, 3.63) is 35.9 Å². The van der Waals surface area contributed by atoms with E-state index in [0.29, 0.717) is 32.2 Å². The van der Waals surface area contributed by atoms with Gasteiger partial charge in [-0.1, -0.05) is 30.3 Å². The molecule has 0 aliphatic heterocycles. The lowest BCUT2D eigenvalue weighted by Crippen LogP contribution is -2.50. The molecule has 9 nitrogen and oxygen atoms in total. The minimum absolute atomic E-state index is 0.129. The maximum absolute atomic E-state index is 12.1. The quantitative estimate of drug-likeness (QED) is 0.223. The predicted octanol–water partition coefficient (Wildman–Crippen LogP) is -0.842. The molecule has 2 atom stereocenters. The molecule has 1 rings (SSSR count). The van der Waals surface area contributed by atoms with Crippen molar-refractivity contribution in [1.82, 2.24) is 16.0 Å². The monoisotopic (exact) mass is 378 g/mol. The van der Waals surface area contributed by atoms with E-state index in [9.17, 15) is 24.3 Å².